The van der Waals surface area contributed by atoms with E-state index in [1.54, 1.807) is 19.1 Å². The highest BCUT2D eigenvalue weighted by Crippen LogP contribution is 2.32. The van der Waals surface area contributed by atoms with Gasteiger partial charge < -0.3 is 0 Å². The van der Waals surface area contributed by atoms with Crippen LogP contribution in [0.5, 0.6) is 0 Å². The molecule has 5 heteroatoms. The van der Waals surface area contributed by atoms with E-state index < -0.39 is 0 Å². The second-order valence-electron chi connectivity index (χ2n) is 3.75. The summed E-state index contributed by atoms with van der Waals surface area (Å²) in [6.07, 6.45) is 1.86. The molecule has 1 saturated heterocycles. The minimum absolute atomic E-state index is 0.0612. The predicted molar refractivity (Wildman–Crippen MR) is 75.1 cm³/mol. The second-order valence-corrected chi connectivity index (χ2v) is 5.43. The van der Waals surface area contributed by atoms with E-state index in [9.17, 15) is 4.79 Å². The minimum atomic E-state index is -0.0612. The molecule has 17 heavy (non-hydrogen) atoms. The Morgan fingerprint density at radius 1 is 1.29 bits per heavy atom. The molecule has 0 N–H and O–H groups in total. The molecule has 0 unspecified atom stereocenters. The Hall–Kier alpha value is -1.17. The Labute approximate surface area is 110 Å². The van der Waals surface area contributed by atoms with Crippen LogP contribution in [0.1, 0.15) is 5.56 Å². The van der Waals surface area contributed by atoms with E-state index >= 15 is 0 Å². The van der Waals surface area contributed by atoms with Gasteiger partial charge >= 0.3 is 0 Å². The summed E-state index contributed by atoms with van der Waals surface area (Å²) >= 11 is 6.50. The highest BCUT2D eigenvalue weighted by Gasteiger charge is 2.33. The summed E-state index contributed by atoms with van der Waals surface area (Å²) in [5.74, 6) is -0.0612. The number of hydrogen-bond donors (Lipinski definition) is 0. The van der Waals surface area contributed by atoms with Crippen LogP contribution >= 0.6 is 24.0 Å². The van der Waals surface area contributed by atoms with Crippen LogP contribution in [-0.4, -0.2) is 34.3 Å². The molecular weight excluding hydrogens is 252 g/mol. The quantitative estimate of drug-likeness (QED) is 0.604. The number of amides is 1. The van der Waals surface area contributed by atoms with E-state index in [-0.39, 0.29) is 5.91 Å². The Morgan fingerprint density at radius 2 is 1.94 bits per heavy atom. The lowest BCUT2D eigenvalue weighted by molar-refractivity contribution is -0.130. The van der Waals surface area contributed by atoms with Gasteiger partial charge in [0.1, 0.15) is 0 Å². The van der Waals surface area contributed by atoms with Crippen LogP contribution in [0.3, 0.4) is 0 Å². The number of benzene rings is 1. The smallest absolute Gasteiger partial charge is 0.267 e. The van der Waals surface area contributed by atoms with Crippen LogP contribution in [0.2, 0.25) is 0 Å². The van der Waals surface area contributed by atoms with Crippen LogP contribution < -0.4 is 0 Å². The highest BCUT2D eigenvalue weighted by atomic mass is 32.2. The predicted octanol–water partition coefficient (Wildman–Crippen LogP) is 2.36. The van der Waals surface area contributed by atoms with Crippen molar-refractivity contribution in [2.75, 3.05) is 14.1 Å². The van der Waals surface area contributed by atoms with Crippen LogP contribution in [-0.2, 0) is 4.79 Å². The third-order valence-corrected chi connectivity index (χ3v) is 3.55. The number of rotatable bonds is 2. The molecule has 1 aromatic rings. The fraction of sp³-hybridized carbons (Fsp3) is 0.167. The second kappa shape index (κ2) is 5.00. The van der Waals surface area contributed by atoms with E-state index in [1.807, 2.05) is 36.4 Å². The van der Waals surface area contributed by atoms with Gasteiger partial charge in [-0.3, -0.25) is 4.79 Å². The molecule has 0 saturated carbocycles. The summed E-state index contributed by atoms with van der Waals surface area (Å²) in [7, 11) is 3.60. The molecule has 2 rings (SSSR count). The maximum atomic E-state index is 12.1. The lowest BCUT2D eigenvalue weighted by Crippen LogP contribution is -2.39. The van der Waals surface area contributed by atoms with Crippen molar-refractivity contribution in [1.82, 2.24) is 10.0 Å². The Kier molecular flexibility index (Phi) is 3.61. The first-order chi connectivity index (χ1) is 8.09. The number of thioether (sulfide) groups is 1. The van der Waals surface area contributed by atoms with Crippen molar-refractivity contribution >= 4 is 40.3 Å². The summed E-state index contributed by atoms with van der Waals surface area (Å²) in [6, 6.07) is 9.75. The van der Waals surface area contributed by atoms with E-state index in [4.69, 9.17) is 12.2 Å². The average molecular weight is 264 g/mol. The van der Waals surface area contributed by atoms with E-state index in [2.05, 4.69) is 0 Å². The first kappa shape index (κ1) is 12.3. The fourth-order valence-corrected chi connectivity index (χ4v) is 2.91. The van der Waals surface area contributed by atoms with Gasteiger partial charge in [0.25, 0.3) is 5.91 Å². The van der Waals surface area contributed by atoms with Gasteiger partial charge in [-0.2, -0.15) is 0 Å². The maximum Gasteiger partial charge on any atom is 0.280 e. The molecule has 0 radical (unpaired) electrons. The maximum absolute atomic E-state index is 12.1. The Morgan fingerprint density at radius 3 is 2.47 bits per heavy atom. The molecule has 1 heterocycles. The number of carbonyl (C=O) groups excluding carboxylic acids is 1. The van der Waals surface area contributed by atoms with E-state index in [1.165, 1.54) is 16.8 Å². The summed E-state index contributed by atoms with van der Waals surface area (Å²) < 4.78 is 0.571. The SMILES string of the molecule is CN(C)N1C(=O)C(=Cc2ccccc2)SC1=S. The van der Waals surface area contributed by atoms with Crippen molar-refractivity contribution < 1.29 is 4.79 Å². The first-order valence-corrected chi connectivity index (χ1v) is 6.32. The minimum Gasteiger partial charge on any atom is -0.267 e. The van der Waals surface area contributed by atoms with Gasteiger partial charge in [0, 0.05) is 14.1 Å². The van der Waals surface area contributed by atoms with Crippen molar-refractivity contribution in [3.63, 3.8) is 0 Å². The zero-order chi connectivity index (χ0) is 12.4. The van der Waals surface area contributed by atoms with Crippen molar-refractivity contribution in [2.45, 2.75) is 0 Å². The topological polar surface area (TPSA) is 23.6 Å². The number of hydrazine groups is 1. The van der Waals surface area contributed by atoms with E-state index in [0.717, 1.165) is 5.56 Å². The van der Waals surface area contributed by atoms with Crippen LogP contribution in [0.4, 0.5) is 0 Å². The number of thiocarbonyl (C=S) groups is 1. The summed E-state index contributed by atoms with van der Waals surface area (Å²) in [5, 5.41) is 3.19. The van der Waals surface area contributed by atoms with Gasteiger partial charge in [-0.1, -0.05) is 54.3 Å². The molecule has 0 aromatic heterocycles. The molecule has 0 aliphatic carbocycles. The van der Waals surface area contributed by atoms with Crippen molar-refractivity contribution in [2.24, 2.45) is 0 Å². The van der Waals surface area contributed by atoms with Gasteiger partial charge in [0.15, 0.2) is 4.32 Å². The summed E-state index contributed by atoms with van der Waals surface area (Å²) in [6.45, 7) is 0. The van der Waals surface area contributed by atoms with Crippen LogP contribution in [0.15, 0.2) is 35.2 Å². The largest absolute Gasteiger partial charge is 0.280 e. The standard InChI is InChI=1S/C12H12N2OS2/c1-13(2)14-11(15)10(17-12(14)16)8-9-6-4-3-5-7-9/h3-8H,1-2H3. The molecule has 0 atom stereocenters. The Bertz CT molecular complexity index is 483. The zero-order valence-corrected chi connectivity index (χ0v) is 11.2. The normalized spacial score (nSPS) is 18.5. The zero-order valence-electron chi connectivity index (χ0n) is 9.58. The molecule has 1 fully saturated rings. The molecule has 1 aromatic carbocycles. The first-order valence-electron chi connectivity index (χ1n) is 5.10. The molecule has 1 aliphatic rings. The molecule has 1 amide bonds. The molecule has 0 spiro atoms. The third-order valence-electron chi connectivity index (χ3n) is 2.27. The van der Waals surface area contributed by atoms with Crippen molar-refractivity contribution in [1.29, 1.82) is 0 Å². The highest BCUT2D eigenvalue weighted by molar-refractivity contribution is 8.26. The van der Waals surface area contributed by atoms with Gasteiger partial charge in [-0.05, 0) is 11.6 Å². The molecule has 88 valence electrons. The van der Waals surface area contributed by atoms with Gasteiger partial charge in [-0.25, -0.2) is 10.0 Å². The summed E-state index contributed by atoms with van der Waals surface area (Å²) in [4.78, 5) is 12.7. The summed E-state index contributed by atoms with van der Waals surface area (Å²) in [5.41, 5.74) is 1.01. The number of carbonyl (C=O) groups is 1. The molecule has 3 nitrogen and oxygen atoms in total. The monoisotopic (exact) mass is 264 g/mol. The number of nitrogens with zero attached hydrogens (tertiary/aromatic N) is 2. The molecular formula is C12H12N2OS2. The lowest BCUT2D eigenvalue weighted by atomic mass is 10.2. The lowest BCUT2D eigenvalue weighted by Gasteiger charge is -2.21. The van der Waals surface area contributed by atoms with Gasteiger partial charge in [-0.15, -0.1) is 0 Å². The van der Waals surface area contributed by atoms with Gasteiger partial charge in [0.05, 0.1) is 4.91 Å². The Balaban J connectivity index is 2.28. The van der Waals surface area contributed by atoms with Crippen molar-refractivity contribution in [3.8, 4) is 0 Å². The van der Waals surface area contributed by atoms with Crippen LogP contribution in [0, 0.1) is 0 Å². The molecule has 1 aliphatic heterocycles. The number of hydrogen-bond acceptors (Lipinski definition) is 4. The van der Waals surface area contributed by atoms with Crippen molar-refractivity contribution in [3.05, 3.63) is 40.8 Å². The average Bonchev–Trinajstić information content (AvgIpc) is 2.55. The third kappa shape index (κ3) is 2.57. The van der Waals surface area contributed by atoms with Crippen LogP contribution in [0.25, 0.3) is 6.08 Å². The fourth-order valence-electron chi connectivity index (χ4n) is 1.51. The molecule has 0 bridgehead atoms. The van der Waals surface area contributed by atoms with E-state index in [0.29, 0.717) is 9.23 Å². The van der Waals surface area contributed by atoms with Gasteiger partial charge in [0.2, 0.25) is 0 Å².